The van der Waals surface area contributed by atoms with Crippen LogP contribution in [0.4, 0.5) is 0 Å². The highest BCUT2D eigenvalue weighted by molar-refractivity contribution is 5.94. The average Bonchev–Trinajstić information content (AvgIpc) is 3.21. The van der Waals surface area contributed by atoms with Crippen LogP contribution in [0.1, 0.15) is 66.4 Å². The topological polar surface area (TPSA) is 85.6 Å². The van der Waals surface area contributed by atoms with E-state index in [4.69, 9.17) is 9.15 Å². The van der Waals surface area contributed by atoms with Gasteiger partial charge in [-0.3, -0.25) is 9.59 Å². The van der Waals surface area contributed by atoms with E-state index in [0.29, 0.717) is 11.3 Å². The van der Waals surface area contributed by atoms with Crippen LogP contribution in [0.3, 0.4) is 0 Å². The highest BCUT2D eigenvalue weighted by atomic mass is 16.5. The van der Waals surface area contributed by atoms with Crippen LogP contribution in [0.25, 0.3) is 11.3 Å². The van der Waals surface area contributed by atoms with Crippen molar-refractivity contribution in [3.8, 4) is 11.3 Å². The zero-order chi connectivity index (χ0) is 21.6. The molecule has 31 heavy (non-hydrogen) atoms. The van der Waals surface area contributed by atoms with E-state index in [2.05, 4.69) is 5.32 Å². The lowest BCUT2D eigenvalue weighted by Crippen LogP contribution is -2.60. The molecule has 0 aliphatic heterocycles. The largest absolute Gasteiger partial charge is 0.450 e. The molecule has 1 aromatic carbocycles. The third-order valence-electron chi connectivity index (χ3n) is 7.16. The lowest BCUT2D eigenvalue weighted by molar-refractivity contribution is -0.130. The van der Waals surface area contributed by atoms with Gasteiger partial charge in [-0.15, -0.1) is 0 Å². The number of rotatable bonds is 6. The summed E-state index contributed by atoms with van der Waals surface area (Å²) >= 11 is 0. The first-order valence-electron chi connectivity index (χ1n) is 11.1. The number of Topliss-reactive ketones (excluding diaryl/α,β-unsaturated/α-hetero) is 1. The molecule has 162 valence electrons. The van der Waals surface area contributed by atoms with E-state index in [1.807, 2.05) is 0 Å². The van der Waals surface area contributed by atoms with Gasteiger partial charge in [0.25, 0.3) is 5.91 Å². The summed E-state index contributed by atoms with van der Waals surface area (Å²) in [5, 5.41) is 3.20. The van der Waals surface area contributed by atoms with Crippen molar-refractivity contribution in [2.75, 3.05) is 6.61 Å². The number of ketones is 1. The second-order valence-electron chi connectivity index (χ2n) is 9.62. The molecule has 6 heteroatoms. The molecule has 0 unspecified atom stereocenters. The van der Waals surface area contributed by atoms with E-state index in [1.165, 1.54) is 32.3 Å². The Morgan fingerprint density at radius 3 is 2.16 bits per heavy atom. The number of hydrogen-bond acceptors (Lipinski definition) is 5. The molecule has 0 radical (unpaired) electrons. The van der Waals surface area contributed by atoms with Crippen molar-refractivity contribution < 1.29 is 23.5 Å². The summed E-state index contributed by atoms with van der Waals surface area (Å²) in [6.07, 6.45) is 7.10. The summed E-state index contributed by atoms with van der Waals surface area (Å²) < 4.78 is 10.8. The van der Waals surface area contributed by atoms with E-state index in [0.717, 1.165) is 42.6 Å². The van der Waals surface area contributed by atoms with Gasteiger partial charge in [0, 0.05) is 16.7 Å². The fourth-order valence-corrected chi connectivity index (χ4v) is 6.27. The van der Waals surface area contributed by atoms with Crippen molar-refractivity contribution in [3.05, 3.63) is 47.7 Å². The Labute approximate surface area is 181 Å². The molecular formula is C25H27NO5. The van der Waals surface area contributed by atoms with E-state index in [9.17, 15) is 14.4 Å². The quantitative estimate of drug-likeness (QED) is 0.552. The SMILES string of the molecule is CC(=O)c1ccc(-c2ccc(C(=O)OCC(=O)NC34CC5CC(CC(C5)C3)C4)o2)cc1. The smallest absolute Gasteiger partial charge is 0.374 e. The van der Waals surface area contributed by atoms with Crippen LogP contribution < -0.4 is 5.32 Å². The maximum absolute atomic E-state index is 12.5. The van der Waals surface area contributed by atoms with Crippen LogP contribution in [-0.2, 0) is 9.53 Å². The van der Waals surface area contributed by atoms with E-state index >= 15 is 0 Å². The Bertz CT molecular complexity index is 984. The normalized spacial score (nSPS) is 28.4. The maximum atomic E-state index is 12.5. The van der Waals surface area contributed by atoms with Crippen molar-refractivity contribution in [2.24, 2.45) is 17.8 Å². The molecule has 1 aromatic heterocycles. The molecule has 4 saturated carbocycles. The second kappa shape index (κ2) is 7.66. The second-order valence-corrected chi connectivity index (χ2v) is 9.62. The van der Waals surface area contributed by atoms with Crippen molar-refractivity contribution in [1.82, 2.24) is 5.32 Å². The van der Waals surface area contributed by atoms with Gasteiger partial charge in [-0.2, -0.15) is 0 Å². The number of ether oxygens (including phenoxy) is 1. The molecule has 4 bridgehead atoms. The standard InChI is InChI=1S/C25H27NO5/c1-15(27)19-2-4-20(5-3-19)21-6-7-22(31-21)24(29)30-14-23(28)26-25-11-16-8-17(12-25)10-18(9-16)13-25/h2-7,16-18H,8-14H2,1H3,(H,26,28). The maximum Gasteiger partial charge on any atom is 0.374 e. The predicted molar refractivity (Wildman–Crippen MR) is 113 cm³/mol. The van der Waals surface area contributed by atoms with Gasteiger partial charge in [-0.05, 0) is 75.3 Å². The monoisotopic (exact) mass is 421 g/mol. The van der Waals surface area contributed by atoms with Crippen molar-refractivity contribution in [1.29, 1.82) is 0 Å². The van der Waals surface area contributed by atoms with Crippen LogP contribution >= 0.6 is 0 Å². The van der Waals surface area contributed by atoms with Gasteiger partial charge in [-0.1, -0.05) is 24.3 Å². The minimum Gasteiger partial charge on any atom is -0.450 e. The first kappa shape index (κ1) is 20.0. The molecule has 4 fully saturated rings. The van der Waals surface area contributed by atoms with Gasteiger partial charge in [0.1, 0.15) is 5.76 Å². The fraction of sp³-hybridized carbons (Fsp3) is 0.480. The summed E-state index contributed by atoms with van der Waals surface area (Å²) in [7, 11) is 0. The highest BCUT2D eigenvalue weighted by Gasteiger charge is 2.51. The molecule has 6 rings (SSSR count). The molecule has 0 spiro atoms. The number of amides is 1. The molecule has 4 aliphatic rings. The van der Waals surface area contributed by atoms with Gasteiger partial charge in [0.2, 0.25) is 5.76 Å². The summed E-state index contributed by atoms with van der Waals surface area (Å²) in [5.74, 6) is 1.85. The van der Waals surface area contributed by atoms with E-state index in [-0.39, 0.29) is 29.6 Å². The molecular weight excluding hydrogens is 394 g/mol. The third kappa shape index (κ3) is 4.03. The molecule has 1 N–H and O–H groups in total. The van der Waals surface area contributed by atoms with Crippen LogP contribution in [0.2, 0.25) is 0 Å². The van der Waals surface area contributed by atoms with Gasteiger partial charge >= 0.3 is 5.97 Å². The summed E-state index contributed by atoms with van der Waals surface area (Å²) in [6.45, 7) is 1.21. The summed E-state index contributed by atoms with van der Waals surface area (Å²) in [4.78, 5) is 36.3. The van der Waals surface area contributed by atoms with E-state index in [1.54, 1.807) is 30.3 Å². The van der Waals surface area contributed by atoms with E-state index < -0.39 is 5.97 Å². The number of hydrogen-bond donors (Lipinski definition) is 1. The zero-order valence-corrected chi connectivity index (χ0v) is 17.7. The van der Waals surface area contributed by atoms with Gasteiger partial charge in [-0.25, -0.2) is 4.79 Å². The molecule has 0 saturated heterocycles. The summed E-state index contributed by atoms with van der Waals surface area (Å²) in [6, 6.07) is 10.2. The summed E-state index contributed by atoms with van der Waals surface area (Å²) in [5.41, 5.74) is 1.27. The molecule has 2 aromatic rings. The molecule has 0 atom stereocenters. The van der Waals surface area contributed by atoms with Crippen molar-refractivity contribution in [3.63, 3.8) is 0 Å². The lowest BCUT2D eigenvalue weighted by Gasteiger charge is -2.56. The lowest BCUT2D eigenvalue weighted by atomic mass is 9.53. The fourth-order valence-electron chi connectivity index (χ4n) is 6.27. The third-order valence-corrected chi connectivity index (χ3v) is 7.16. The number of carbonyl (C=O) groups excluding carboxylic acids is 3. The molecule has 4 aliphatic carbocycles. The Kier molecular flexibility index (Phi) is 4.95. The molecule has 1 amide bonds. The Balaban J connectivity index is 1.17. The molecule has 1 heterocycles. The van der Waals surface area contributed by atoms with Crippen molar-refractivity contribution in [2.45, 2.75) is 51.0 Å². The van der Waals surface area contributed by atoms with Crippen LogP contribution in [0.5, 0.6) is 0 Å². The number of nitrogens with one attached hydrogen (secondary N) is 1. The van der Waals surface area contributed by atoms with Gasteiger partial charge in [0.15, 0.2) is 12.4 Å². The van der Waals surface area contributed by atoms with Gasteiger partial charge < -0.3 is 14.5 Å². The van der Waals surface area contributed by atoms with Gasteiger partial charge in [0.05, 0.1) is 0 Å². The Morgan fingerprint density at radius 2 is 1.58 bits per heavy atom. The first-order valence-corrected chi connectivity index (χ1v) is 11.1. The number of esters is 1. The van der Waals surface area contributed by atoms with Crippen LogP contribution in [-0.4, -0.2) is 29.8 Å². The average molecular weight is 421 g/mol. The first-order chi connectivity index (χ1) is 14.9. The van der Waals surface area contributed by atoms with Crippen molar-refractivity contribution >= 4 is 17.7 Å². The Hall–Kier alpha value is -2.89. The number of furan rings is 1. The minimum absolute atomic E-state index is 0.0120. The Morgan fingerprint density at radius 1 is 0.968 bits per heavy atom. The number of benzene rings is 1. The number of carbonyl (C=O) groups is 3. The zero-order valence-electron chi connectivity index (χ0n) is 17.7. The predicted octanol–water partition coefficient (Wildman–Crippen LogP) is 4.39. The van der Waals surface area contributed by atoms with Crippen LogP contribution in [0.15, 0.2) is 40.8 Å². The minimum atomic E-state index is -0.660. The van der Waals surface area contributed by atoms with Crippen LogP contribution in [0, 0.1) is 17.8 Å². The molecule has 6 nitrogen and oxygen atoms in total. The highest BCUT2D eigenvalue weighted by Crippen LogP contribution is 2.55.